The van der Waals surface area contributed by atoms with Crippen LogP contribution < -0.4 is 10.6 Å². The van der Waals surface area contributed by atoms with Crippen molar-refractivity contribution >= 4 is 29.1 Å². The van der Waals surface area contributed by atoms with Crippen molar-refractivity contribution in [2.45, 2.75) is 51.6 Å². The van der Waals surface area contributed by atoms with Crippen LogP contribution in [0.4, 0.5) is 15.8 Å². The van der Waals surface area contributed by atoms with Crippen molar-refractivity contribution in [2.24, 2.45) is 11.8 Å². The number of imide groups is 1. The Labute approximate surface area is 210 Å². The molecule has 2 fully saturated rings. The molecular weight excluding hydrogens is 461 g/mol. The first-order valence-electron chi connectivity index (χ1n) is 12.8. The molecule has 2 N–H and O–H groups in total. The van der Waals surface area contributed by atoms with Crippen molar-refractivity contribution in [1.29, 1.82) is 0 Å². The number of aryl methyl sites for hydroxylation is 1. The molecule has 190 valence electrons. The fourth-order valence-electron chi connectivity index (χ4n) is 5.93. The molecule has 8 heteroatoms. The summed E-state index contributed by atoms with van der Waals surface area (Å²) in [5, 5.41) is 0. The maximum Gasteiger partial charge on any atom is 0.258 e. The van der Waals surface area contributed by atoms with E-state index in [-0.39, 0.29) is 42.7 Å². The number of carbonyl (C=O) groups excluding carboxylic acids is 3. The van der Waals surface area contributed by atoms with E-state index in [0.29, 0.717) is 41.9 Å². The molecular formula is C28H32FN3O4. The van der Waals surface area contributed by atoms with E-state index in [0.717, 1.165) is 31.2 Å². The topological polar surface area (TPSA) is 92.9 Å². The summed E-state index contributed by atoms with van der Waals surface area (Å²) in [5.41, 5.74) is 8.98. The van der Waals surface area contributed by atoms with E-state index in [4.69, 9.17) is 10.5 Å². The average Bonchev–Trinajstić information content (AvgIpc) is 2.99. The summed E-state index contributed by atoms with van der Waals surface area (Å²) in [6, 6.07) is 9.57. The average molecular weight is 494 g/mol. The number of fused-ring (bicyclic) bond motifs is 2. The molecule has 2 heterocycles. The van der Waals surface area contributed by atoms with Gasteiger partial charge in [-0.05, 0) is 74.6 Å². The third-order valence-corrected chi connectivity index (χ3v) is 7.77. The summed E-state index contributed by atoms with van der Waals surface area (Å²) >= 11 is 0. The predicted molar refractivity (Wildman–Crippen MR) is 134 cm³/mol. The first kappa shape index (κ1) is 24.4. The van der Waals surface area contributed by atoms with Crippen LogP contribution in [0.5, 0.6) is 0 Å². The summed E-state index contributed by atoms with van der Waals surface area (Å²) < 4.78 is 20.5. The lowest BCUT2D eigenvalue weighted by molar-refractivity contribution is -0.141. The third kappa shape index (κ3) is 4.50. The fraction of sp³-hybridized carbons (Fsp3) is 0.464. The molecule has 3 amide bonds. The number of amides is 3. The zero-order chi connectivity index (χ0) is 25.4. The maximum absolute atomic E-state index is 14.3. The van der Waals surface area contributed by atoms with Crippen molar-refractivity contribution in [3.05, 3.63) is 58.9 Å². The Hall–Kier alpha value is -3.26. The number of nitrogens with two attached hydrogens (primary N) is 1. The highest BCUT2D eigenvalue weighted by Gasteiger charge is 2.47. The number of likely N-dealkylation sites (tertiary alicyclic amines) is 1. The summed E-state index contributed by atoms with van der Waals surface area (Å²) in [7, 11) is 0. The van der Waals surface area contributed by atoms with Gasteiger partial charge in [0, 0.05) is 29.0 Å². The van der Waals surface area contributed by atoms with E-state index in [1.807, 2.05) is 6.92 Å². The number of nitrogen functional groups attached to an aromatic ring is 1. The van der Waals surface area contributed by atoms with Gasteiger partial charge >= 0.3 is 0 Å². The van der Waals surface area contributed by atoms with E-state index in [9.17, 15) is 18.8 Å². The van der Waals surface area contributed by atoms with Crippen LogP contribution in [-0.2, 0) is 14.3 Å². The van der Waals surface area contributed by atoms with Crippen LogP contribution >= 0.6 is 0 Å². The number of halogens is 1. The Kier molecular flexibility index (Phi) is 6.79. The van der Waals surface area contributed by atoms with Crippen LogP contribution in [0.15, 0.2) is 36.4 Å². The minimum absolute atomic E-state index is 0.0868. The van der Waals surface area contributed by atoms with Gasteiger partial charge in [-0.1, -0.05) is 12.8 Å². The standard InChI is InChI=1S/C28H32FN3O4/c1-17-15-19(30)9-10-20(17)26(33)31-12-4-7-25(23-16-18(29)8-11-24(23)31)36-14-13-32-27(34)21-5-2-3-6-22(21)28(32)35/h8-11,15-16,21-22,25H,2-7,12-14,30H2,1H3. The second-order valence-electron chi connectivity index (χ2n) is 10.1. The highest BCUT2D eigenvalue weighted by atomic mass is 19.1. The monoisotopic (exact) mass is 493 g/mol. The van der Waals surface area contributed by atoms with Gasteiger partial charge in [0.1, 0.15) is 5.82 Å². The zero-order valence-corrected chi connectivity index (χ0v) is 20.5. The Morgan fingerprint density at radius 3 is 2.44 bits per heavy atom. The van der Waals surface area contributed by atoms with E-state index < -0.39 is 11.9 Å². The molecule has 0 bridgehead atoms. The van der Waals surface area contributed by atoms with Gasteiger partial charge in [0.25, 0.3) is 5.91 Å². The largest absolute Gasteiger partial charge is 0.399 e. The molecule has 3 unspecified atom stereocenters. The van der Waals surface area contributed by atoms with Crippen LogP contribution in [0, 0.1) is 24.6 Å². The summed E-state index contributed by atoms with van der Waals surface area (Å²) in [5.74, 6) is -1.12. The number of benzene rings is 2. The molecule has 36 heavy (non-hydrogen) atoms. The molecule has 1 aliphatic carbocycles. The normalized spacial score (nSPS) is 23.9. The van der Waals surface area contributed by atoms with Crippen molar-refractivity contribution in [3.63, 3.8) is 0 Å². The van der Waals surface area contributed by atoms with Crippen LogP contribution in [0.1, 0.15) is 66.1 Å². The van der Waals surface area contributed by atoms with Gasteiger partial charge in [-0.15, -0.1) is 0 Å². The highest BCUT2D eigenvalue weighted by Crippen LogP contribution is 2.39. The molecule has 3 aliphatic rings. The lowest BCUT2D eigenvalue weighted by Gasteiger charge is -2.25. The second kappa shape index (κ2) is 10.0. The SMILES string of the molecule is Cc1cc(N)ccc1C(=O)N1CCCC(OCCN2C(=O)C3CCCCC3C2=O)c2cc(F)ccc21. The number of ether oxygens (including phenoxy) is 1. The Bertz CT molecular complexity index is 1180. The summed E-state index contributed by atoms with van der Waals surface area (Å²) in [4.78, 5) is 42.1. The number of hydrogen-bond donors (Lipinski definition) is 1. The zero-order valence-electron chi connectivity index (χ0n) is 20.5. The molecule has 1 saturated heterocycles. The number of hydrogen-bond acceptors (Lipinski definition) is 5. The van der Waals surface area contributed by atoms with Crippen molar-refractivity contribution in [3.8, 4) is 0 Å². The lowest BCUT2D eigenvalue weighted by Crippen LogP contribution is -2.34. The molecule has 2 aromatic rings. The maximum atomic E-state index is 14.3. The van der Waals surface area contributed by atoms with Gasteiger partial charge in [-0.25, -0.2) is 4.39 Å². The first-order valence-corrected chi connectivity index (χ1v) is 12.8. The van der Waals surface area contributed by atoms with Crippen LogP contribution in [0.2, 0.25) is 0 Å². The molecule has 2 aromatic carbocycles. The summed E-state index contributed by atoms with van der Waals surface area (Å²) in [6.07, 6.45) is 4.33. The van der Waals surface area contributed by atoms with Gasteiger partial charge in [0.2, 0.25) is 11.8 Å². The van der Waals surface area contributed by atoms with Crippen molar-refractivity contribution in [2.75, 3.05) is 30.3 Å². The van der Waals surface area contributed by atoms with E-state index >= 15 is 0 Å². The molecule has 3 atom stereocenters. The number of anilines is 2. The van der Waals surface area contributed by atoms with Gasteiger partial charge in [0.05, 0.1) is 31.1 Å². The van der Waals surface area contributed by atoms with Gasteiger partial charge in [0.15, 0.2) is 0 Å². The predicted octanol–water partition coefficient (Wildman–Crippen LogP) is 4.39. The molecule has 1 saturated carbocycles. The quantitative estimate of drug-likeness (QED) is 0.493. The van der Waals surface area contributed by atoms with Gasteiger partial charge < -0.3 is 15.4 Å². The second-order valence-corrected chi connectivity index (χ2v) is 10.1. The number of carbonyl (C=O) groups is 3. The van der Waals surface area contributed by atoms with Crippen molar-refractivity contribution < 1.29 is 23.5 Å². The molecule has 0 spiro atoms. The lowest BCUT2D eigenvalue weighted by atomic mass is 9.81. The van der Waals surface area contributed by atoms with Crippen LogP contribution in [-0.4, -0.2) is 42.3 Å². The van der Waals surface area contributed by atoms with E-state index in [1.165, 1.54) is 17.0 Å². The minimum atomic E-state index is -0.448. The van der Waals surface area contributed by atoms with E-state index in [2.05, 4.69) is 0 Å². The molecule has 5 rings (SSSR count). The number of nitrogens with zero attached hydrogens (tertiary/aromatic N) is 2. The molecule has 0 aromatic heterocycles. The Morgan fingerprint density at radius 1 is 1.03 bits per heavy atom. The fourth-order valence-corrected chi connectivity index (χ4v) is 5.93. The molecule has 2 aliphatic heterocycles. The van der Waals surface area contributed by atoms with Gasteiger partial charge in [-0.3, -0.25) is 19.3 Å². The smallest absolute Gasteiger partial charge is 0.258 e. The van der Waals surface area contributed by atoms with E-state index in [1.54, 1.807) is 29.2 Å². The first-order chi connectivity index (χ1) is 17.3. The van der Waals surface area contributed by atoms with Crippen LogP contribution in [0.25, 0.3) is 0 Å². The highest BCUT2D eigenvalue weighted by molar-refractivity contribution is 6.08. The van der Waals surface area contributed by atoms with Gasteiger partial charge in [-0.2, -0.15) is 0 Å². The third-order valence-electron chi connectivity index (χ3n) is 7.77. The molecule has 0 radical (unpaired) electrons. The Morgan fingerprint density at radius 2 is 1.75 bits per heavy atom. The Balaban J connectivity index is 1.33. The minimum Gasteiger partial charge on any atom is -0.399 e. The number of rotatable bonds is 5. The van der Waals surface area contributed by atoms with Crippen molar-refractivity contribution in [1.82, 2.24) is 4.90 Å². The van der Waals surface area contributed by atoms with Crippen LogP contribution in [0.3, 0.4) is 0 Å². The summed E-state index contributed by atoms with van der Waals surface area (Å²) in [6.45, 7) is 2.67. The molecule has 7 nitrogen and oxygen atoms in total.